The average molecular weight is 314 g/mol. The fourth-order valence-electron chi connectivity index (χ4n) is 3.31. The van der Waals surface area contributed by atoms with Crippen molar-refractivity contribution in [2.45, 2.75) is 0 Å². The highest BCUT2D eigenvalue weighted by Gasteiger charge is 2.18. The zero-order valence-corrected chi connectivity index (χ0v) is 13.1. The van der Waals surface area contributed by atoms with E-state index in [4.69, 9.17) is 22.9 Å². The molecule has 24 heavy (non-hydrogen) atoms. The molecule has 4 aromatic rings. The van der Waals surface area contributed by atoms with Crippen LogP contribution in [0.25, 0.3) is 32.7 Å². The van der Waals surface area contributed by atoms with Crippen LogP contribution in [0.1, 0.15) is 0 Å². The molecule has 0 fully saturated rings. The van der Waals surface area contributed by atoms with Crippen LogP contribution in [-0.4, -0.2) is 0 Å². The predicted octanol–water partition coefficient (Wildman–Crippen LogP) is 3.99. The Hall–Kier alpha value is -3.40. The standard InChI is InChI=1S/C20H18N4/c21-15-9-11-5-1-3-7-13(11)17(19(15)23)18-14-8-4-2-6-12(14)10-16(22)20(18)24/h1-10H,21-24H2. The molecule has 0 spiro atoms. The van der Waals surface area contributed by atoms with E-state index in [2.05, 4.69) is 0 Å². The largest absolute Gasteiger partial charge is 0.397 e. The molecule has 0 amide bonds. The Balaban J connectivity index is 2.26. The minimum atomic E-state index is 0.524. The van der Waals surface area contributed by atoms with Crippen molar-refractivity contribution in [3.63, 3.8) is 0 Å². The first-order valence-corrected chi connectivity index (χ1v) is 7.71. The molecule has 4 nitrogen and oxygen atoms in total. The third-order valence-electron chi connectivity index (χ3n) is 4.49. The van der Waals surface area contributed by atoms with E-state index in [1.807, 2.05) is 60.7 Å². The maximum Gasteiger partial charge on any atom is 0.0634 e. The van der Waals surface area contributed by atoms with Gasteiger partial charge in [-0.2, -0.15) is 0 Å². The van der Waals surface area contributed by atoms with Crippen LogP contribution in [0.5, 0.6) is 0 Å². The predicted molar refractivity (Wildman–Crippen MR) is 105 cm³/mol. The van der Waals surface area contributed by atoms with Crippen molar-refractivity contribution in [3.05, 3.63) is 60.7 Å². The van der Waals surface area contributed by atoms with Crippen molar-refractivity contribution >= 4 is 44.3 Å². The minimum Gasteiger partial charge on any atom is -0.397 e. The van der Waals surface area contributed by atoms with Crippen molar-refractivity contribution in [2.75, 3.05) is 22.9 Å². The summed E-state index contributed by atoms with van der Waals surface area (Å²) in [4.78, 5) is 0. The van der Waals surface area contributed by atoms with Crippen LogP contribution in [0.3, 0.4) is 0 Å². The maximum atomic E-state index is 6.37. The van der Waals surface area contributed by atoms with Gasteiger partial charge in [-0.3, -0.25) is 0 Å². The zero-order chi connectivity index (χ0) is 16.8. The number of rotatable bonds is 1. The van der Waals surface area contributed by atoms with Crippen LogP contribution >= 0.6 is 0 Å². The Morgan fingerprint density at radius 2 is 0.875 bits per heavy atom. The molecule has 0 saturated carbocycles. The van der Waals surface area contributed by atoms with Gasteiger partial charge < -0.3 is 22.9 Å². The highest BCUT2D eigenvalue weighted by molar-refractivity contribution is 6.16. The van der Waals surface area contributed by atoms with E-state index < -0.39 is 0 Å². The number of nitrogens with two attached hydrogens (primary N) is 4. The topological polar surface area (TPSA) is 104 Å². The van der Waals surface area contributed by atoms with Gasteiger partial charge in [-0.15, -0.1) is 0 Å². The lowest BCUT2D eigenvalue weighted by Crippen LogP contribution is -2.03. The number of hydrogen-bond donors (Lipinski definition) is 4. The van der Waals surface area contributed by atoms with E-state index in [-0.39, 0.29) is 0 Å². The van der Waals surface area contributed by atoms with Crippen molar-refractivity contribution < 1.29 is 0 Å². The van der Waals surface area contributed by atoms with Gasteiger partial charge in [0.15, 0.2) is 0 Å². The number of anilines is 4. The summed E-state index contributed by atoms with van der Waals surface area (Å²) < 4.78 is 0. The number of benzene rings is 4. The van der Waals surface area contributed by atoms with Crippen molar-refractivity contribution in [1.82, 2.24) is 0 Å². The van der Waals surface area contributed by atoms with Crippen molar-refractivity contribution in [1.29, 1.82) is 0 Å². The van der Waals surface area contributed by atoms with Crippen LogP contribution in [0.4, 0.5) is 22.7 Å². The summed E-state index contributed by atoms with van der Waals surface area (Å²) in [6.45, 7) is 0. The molecule has 0 radical (unpaired) electrons. The van der Waals surface area contributed by atoms with Gasteiger partial charge in [-0.25, -0.2) is 0 Å². The monoisotopic (exact) mass is 314 g/mol. The van der Waals surface area contributed by atoms with Crippen LogP contribution < -0.4 is 22.9 Å². The molecule has 118 valence electrons. The zero-order valence-electron chi connectivity index (χ0n) is 13.1. The number of fused-ring (bicyclic) bond motifs is 2. The first-order chi connectivity index (χ1) is 11.6. The molecule has 4 rings (SSSR count). The molecular weight excluding hydrogens is 296 g/mol. The van der Waals surface area contributed by atoms with Crippen LogP contribution in [0.2, 0.25) is 0 Å². The van der Waals surface area contributed by atoms with Gasteiger partial charge in [-0.05, 0) is 33.7 Å². The third-order valence-corrected chi connectivity index (χ3v) is 4.49. The quantitative estimate of drug-likeness (QED) is 0.399. The van der Waals surface area contributed by atoms with Gasteiger partial charge >= 0.3 is 0 Å². The van der Waals surface area contributed by atoms with E-state index in [1.54, 1.807) is 0 Å². The molecule has 4 heteroatoms. The lowest BCUT2D eigenvalue weighted by molar-refractivity contribution is 1.64. The summed E-state index contributed by atoms with van der Waals surface area (Å²) >= 11 is 0. The minimum absolute atomic E-state index is 0.524. The maximum absolute atomic E-state index is 6.37. The molecule has 0 aliphatic carbocycles. The molecule has 0 bridgehead atoms. The molecular formula is C20H18N4. The summed E-state index contributed by atoms with van der Waals surface area (Å²) in [6, 6.07) is 19.8. The summed E-state index contributed by atoms with van der Waals surface area (Å²) in [7, 11) is 0. The van der Waals surface area contributed by atoms with E-state index in [0.717, 1.165) is 32.7 Å². The summed E-state index contributed by atoms with van der Waals surface area (Å²) in [6.07, 6.45) is 0. The second-order valence-corrected chi connectivity index (χ2v) is 5.95. The molecule has 0 aliphatic rings. The smallest absolute Gasteiger partial charge is 0.0634 e. The third kappa shape index (κ3) is 1.93. The fourth-order valence-corrected chi connectivity index (χ4v) is 3.31. The Bertz CT molecular complexity index is 1010. The summed E-state index contributed by atoms with van der Waals surface area (Å²) in [5.74, 6) is 0. The second kappa shape index (κ2) is 5.06. The lowest BCUT2D eigenvalue weighted by atomic mass is 9.90. The molecule has 0 aromatic heterocycles. The summed E-state index contributed by atoms with van der Waals surface area (Å²) in [5.41, 5.74) is 28.9. The highest BCUT2D eigenvalue weighted by Crippen LogP contribution is 2.45. The van der Waals surface area contributed by atoms with Crippen LogP contribution in [0, 0.1) is 0 Å². The van der Waals surface area contributed by atoms with Crippen LogP contribution in [0.15, 0.2) is 60.7 Å². The number of hydrogen-bond acceptors (Lipinski definition) is 4. The van der Waals surface area contributed by atoms with Gasteiger partial charge in [0.25, 0.3) is 0 Å². The van der Waals surface area contributed by atoms with E-state index in [1.165, 1.54) is 0 Å². The van der Waals surface area contributed by atoms with Crippen molar-refractivity contribution in [3.8, 4) is 11.1 Å². The van der Waals surface area contributed by atoms with E-state index in [9.17, 15) is 0 Å². The van der Waals surface area contributed by atoms with E-state index >= 15 is 0 Å². The first kappa shape index (κ1) is 14.2. The van der Waals surface area contributed by atoms with Gasteiger partial charge in [0.2, 0.25) is 0 Å². The molecule has 4 aromatic carbocycles. The average Bonchev–Trinajstić information content (AvgIpc) is 2.58. The van der Waals surface area contributed by atoms with Gasteiger partial charge in [0.1, 0.15) is 0 Å². The van der Waals surface area contributed by atoms with Gasteiger partial charge in [-0.1, -0.05) is 48.5 Å². The fraction of sp³-hybridized carbons (Fsp3) is 0. The Labute approximate surface area is 139 Å². The summed E-state index contributed by atoms with van der Waals surface area (Å²) in [5, 5.41) is 4.05. The van der Waals surface area contributed by atoms with E-state index in [0.29, 0.717) is 22.7 Å². The van der Waals surface area contributed by atoms with Crippen molar-refractivity contribution in [2.24, 2.45) is 0 Å². The van der Waals surface area contributed by atoms with Gasteiger partial charge in [0.05, 0.1) is 22.7 Å². The molecule has 0 atom stereocenters. The van der Waals surface area contributed by atoms with Gasteiger partial charge in [0, 0.05) is 11.1 Å². The molecule has 0 heterocycles. The first-order valence-electron chi connectivity index (χ1n) is 7.71. The molecule has 8 N–H and O–H groups in total. The molecule has 0 saturated heterocycles. The second-order valence-electron chi connectivity index (χ2n) is 5.95. The Morgan fingerprint density at radius 3 is 1.29 bits per heavy atom. The Morgan fingerprint density at radius 1 is 0.500 bits per heavy atom. The van der Waals surface area contributed by atoms with Crippen LogP contribution in [-0.2, 0) is 0 Å². The lowest BCUT2D eigenvalue weighted by Gasteiger charge is -2.18. The normalized spacial score (nSPS) is 11.2. The Kier molecular flexibility index (Phi) is 3.00. The molecule has 0 aliphatic heterocycles. The SMILES string of the molecule is Nc1cc2ccccc2c(-c2c(N)c(N)cc3ccccc23)c1N. The number of nitrogen functional groups attached to an aromatic ring is 4. The molecule has 0 unspecified atom stereocenters. The highest BCUT2D eigenvalue weighted by atomic mass is 14.7.